The number of benzene rings is 1. The van der Waals surface area contributed by atoms with E-state index in [-0.39, 0.29) is 6.03 Å². The van der Waals surface area contributed by atoms with E-state index in [9.17, 15) is 4.79 Å². The lowest BCUT2D eigenvalue weighted by Gasteiger charge is -2.21. The Bertz CT molecular complexity index is 662. The monoisotopic (exact) mass is 314 g/mol. The van der Waals surface area contributed by atoms with Gasteiger partial charge in [0.2, 0.25) is 0 Å². The van der Waals surface area contributed by atoms with Gasteiger partial charge in [-0.05, 0) is 43.4 Å². The van der Waals surface area contributed by atoms with Crippen LogP contribution in [0.3, 0.4) is 0 Å². The summed E-state index contributed by atoms with van der Waals surface area (Å²) >= 11 is 0. The van der Waals surface area contributed by atoms with E-state index in [0.29, 0.717) is 11.6 Å². The van der Waals surface area contributed by atoms with E-state index in [2.05, 4.69) is 15.7 Å². The first-order valence-corrected chi connectivity index (χ1v) is 7.94. The maximum Gasteiger partial charge on any atom is 0.323 e. The van der Waals surface area contributed by atoms with E-state index in [1.165, 1.54) is 0 Å². The molecule has 6 heteroatoms. The normalized spacial score (nSPS) is 15.3. The fourth-order valence-electron chi connectivity index (χ4n) is 2.74. The second-order valence-electron chi connectivity index (χ2n) is 5.96. The molecule has 2 aromatic rings. The van der Waals surface area contributed by atoms with Gasteiger partial charge in [0.25, 0.3) is 0 Å². The van der Waals surface area contributed by atoms with Crippen molar-refractivity contribution in [1.29, 1.82) is 0 Å². The molecule has 1 saturated heterocycles. The molecule has 0 bridgehead atoms. The second-order valence-corrected chi connectivity index (χ2v) is 5.96. The number of aromatic nitrogens is 2. The predicted molar refractivity (Wildman–Crippen MR) is 89.6 cm³/mol. The molecule has 0 radical (unpaired) electrons. The Morgan fingerprint density at radius 2 is 2.09 bits per heavy atom. The zero-order valence-electron chi connectivity index (χ0n) is 13.3. The quantitative estimate of drug-likeness (QED) is 0.910. The summed E-state index contributed by atoms with van der Waals surface area (Å²) in [6.07, 6.45) is 5.67. The number of urea groups is 1. The summed E-state index contributed by atoms with van der Waals surface area (Å²) in [4.78, 5) is 12.0. The van der Waals surface area contributed by atoms with Gasteiger partial charge in [0.1, 0.15) is 0 Å². The third-order valence-electron chi connectivity index (χ3n) is 3.95. The summed E-state index contributed by atoms with van der Waals surface area (Å²) in [5, 5.41) is 9.95. The Kier molecular flexibility index (Phi) is 4.92. The van der Waals surface area contributed by atoms with Gasteiger partial charge >= 0.3 is 6.03 Å². The van der Waals surface area contributed by atoms with Gasteiger partial charge in [0.15, 0.2) is 0 Å². The molecular weight excluding hydrogens is 292 g/mol. The molecule has 1 aromatic carbocycles. The maximum atomic E-state index is 12.0. The van der Waals surface area contributed by atoms with E-state index < -0.39 is 0 Å². The van der Waals surface area contributed by atoms with Crippen LogP contribution in [0.15, 0.2) is 36.7 Å². The van der Waals surface area contributed by atoms with Crippen LogP contribution in [0.4, 0.5) is 16.2 Å². The van der Waals surface area contributed by atoms with Gasteiger partial charge in [-0.3, -0.25) is 4.68 Å². The molecule has 0 saturated carbocycles. The molecular formula is C17H22N4O2. The van der Waals surface area contributed by atoms with Crippen LogP contribution in [0.25, 0.3) is 0 Å². The number of amides is 2. The number of carbonyl (C=O) groups is 1. The van der Waals surface area contributed by atoms with Crippen molar-refractivity contribution in [1.82, 2.24) is 9.78 Å². The van der Waals surface area contributed by atoms with Crippen LogP contribution in [0, 0.1) is 12.8 Å². The third-order valence-corrected chi connectivity index (χ3v) is 3.95. The molecule has 0 unspecified atom stereocenters. The minimum atomic E-state index is -0.263. The number of aryl methyl sites for hydroxylation is 1. The molecule has 6 nitrogen and oxygen atoms in total. The summed E-state index contributed by atoms with van der Waals surface area (Å²) in [5.74, 6) is 0.595. The fraction of sp³-hybridized carbons (Fsp3) is 0.412. The highest BCUT2D eigenvalue weighted by molar-refractivity contribution is 5.99. The van der Waals surface area contributed by atoms with Gasteiger partial charge in [0, 0.05) is 31.6 Å². The van der Waals surface area contributed by atoms with Gasteiger partial charge in [-0.15, -0.1) is 0 Å². The Morgan fingerprint density at radius 1 is 1.30 bits per heavy atom. The van der Waals surface area contributed by atoms with Gasteiger partial charge in [-0.25, -0.2) is 4.79 Å². The lowest BCUT2D eigenvalue weighted by Crippen LogP contribution is -2.21. The Morgan fingerprint density at radius 3 is 2.87 bits per heavy atom. The molecule has 23 heavy (non-hydrogen) atoms. The number of rotatable bonds is 4. The minimum absolute atomic E-state index is 0.263. The number of carbonyl (C=O) groups excluding carboxylic acids is 1. The lowest BCUT2D eigenvalue weighted by molar-refractivity contribution is 0.0601. The second kappa shape index (κ2) is 7.28. The molecule has 0 spiro atoms. The molecule has 3 rings (SSSR count). The highest BCUT2D eigenvalue weighted by atomic mass is 16.5. The molecule has 1 aliphatic heterocycles. The summed E-state index contributed by atoms with van der Waals surface area (Å²) in [7, 11) is 0. The van der Waals surface area contributed by atoms with Crippen LogP contribution in [-0.4, -0.2) is 29.0 Å². The van der Waals surface area contributed by atoms with Gasteiger partial charge in [-0.1, -0.05) is 12.1 Å². The van der Waals surface area contributed by atoms with Gasteiger partial charge < -0.3 is 15.4 Å². The first-order chi connectivity index (χ1) is 11.2. The highest BCUT2D eigenvalue weighted by Gasteiger charge is 2.15. The largest absolute Gasteiger partial charge is 0.381 e. The van der Waals surface area contributed by atoms with E-state index >= 15 is 0 Å². The number of anilines is 2. The van der Waals surface area contributed by atoms with Crippen LogP contribution < -0.4 is 10.6 Å². The average molecular weight is 314 g/mol. The average Bonchev–Trinajstić information content (AvgIpc) is 2.95. The summed E-state index contributed by atoms with van der Waals surface area (Å²) < 4.78 is 7.25. The number of hydrogen-bond acceptors (Lipinski definition) is 3. The summed E-state index contributed by atoms with van der Waals surface area (Å²) in [6, 6.07) is 7.43. The molecule has 1 aliphatic rings. The zero-order valence-corrected chi connectivity index (χ0v) is 13.3. The minimum Gasteiger partial charge on any atom is -0.381 e. The molecule has 0 aliphatic carbocycles. The molecule has 2 N–H and O–H groups in total. The van der Waals surface area contributed by atoms with Crippen molar-refractivity contribution in [2.75, 3.05) is 23.8 Å². The summed E-state index contributed by atoms with van der Waals surface area (Å²) in [6.45, 7) is 4.51. The van der Waals surface area contributed by atoms with Crippen molar-refractivity contribution < 1.29 is 9.53 Å². The fourth-order valence-corrected chi connectivity index (χ4v) is 2.74. The van der Waals surface area contributed by atoms with Gasteiger partial charge in [0.05, 0.1) is 11.9 Å². The van der Waals surface area contributed by atoms with E-state index in [4.69, 9.17) is 4.74 Å². The van der Waals surface area contributed by atoms with E-state index in [1.807, 2.05) is 42.1 Å². The standard InChI is InChI=1S/C17H22N4O2/c1-13-3-2-4-15(9-13)19-17(22)20-16-10-18-21(12-16)11-14-5-7-23-8-6-14/h2-4,9-10,12,14H,5-8,11H2,1H3,(H2,19,20,22). The highest BCUT2D eigenvalue weighted by Crippen LogP contribution is 2.17. The molecule has 1 aromatic heterocycles. The van der Waals surface area contributed by atoms with Crippen molar-refractivity contribution in [2.45, 2.75) is 26.3 Å². The Labute approximate surface area is 135 Å². The number of nitrogens with zero attached hydrogens (tertiary/aromatic N) is 2. The molecule has 2 heterocycles. The van der Waals surface area contributed by atoms with Crippen LogP contribution in [0.5, 0.6) is 0 Å². The number of ether oxygens (including phenoxy) is 1. The van der Waals surface area contributed by atoms with Crippen LogP contribution in [0.1, 0.15) is 18.4 Å². The number of hydrogen-bond donors (Lipinski definition) is 2. The molecule has 1 fully saturated rings. The SMILES string of the molecule is Cc1cccc(NC(=O)Nc2cnn(CC3CCOCC3)c2)c1. The van der Waals surface area contributed by atoms with E-state index in [0.717, 1.165) is 43.9 Å². The third kappa shape index (κ3) is 4.56. The Balaban J connectivity index is 1.52. The Hall–Kier alpha value is -2.34. The van der Waals surface area contributed by atoms with Crippen LogP contribution in [0.2, 0.25) is 0 Å². The van der Waals surface area contributed by atoms with Crippen LogP contribution >= 0.6 is 0 Å². The number of nitrogens with one attached hydrogen (secondary N) is 2. The topological polar surface area (TPSA) is 68.2 Å². The van der Waals surface area contributed by atoms with Crippen molar-refractivity contribution >= 4 is 17.4 Å². The zero-order chi connectivity index (χ0) is 16.1. The molecule has 2 amide bonds. The molecule has 122 valence electrons. The van der Waals surface area contributed by atoms with E-state index in [1.54, 1.807) is 6.20 Å². The van der Waals surface area contributed by atoms with Crippen molar-refractivity contribution in [3.63, 3.8) is 0 Å². The van der Waals surface area contributed by atoms with Crippen molar-refractivity contribution in [3.05, 3.63) is 42.2 Å². The summed E-state index contributed by atoms with van der Waals surface area (Å²) in [5.41, 5.74) is 2.58. The first kappa shape index (κ1) is 15.6. The molecule has 0 atom stereocenters. The first-order valence-electron chi connectivity index (χ1n) is 7.94. The lowest BCUT2D eigenvalue weighted by atomic mass is 10.0. The van der Waals surface area contributed by atoms with Gasteiger partial charge in [-0.2, -0.15) is 5.10 Å². The van der Waals surface area contributed by atoms with Crippen molar-refractivity contribution in [3.8, 4) is 0 Å². The smallest absolute Gasteiger partial charge is 0.323 e. The maximum absolute atomic E-state index is 12.0. The predicted octanol–water partition coefficient (Wildman–Crippen LogP) is 3.26. The van der Waals surface area contributed by atoms with Crippen molar-refractivity contribution in [2.24, 2.45) is 5.92 Å². The van der Waals surface area contributed by atoms with Crippen LogP contribution in [-0.2, 0) is 11.3 Å².